The third kappa shape index (κ3) is 16.9. The summed E-state index contributed by atoms with van der Waals surface area (Å²) >= 11 is 0. The van der Waals surface area contributed by atoms with Gasteiger partial charge in [0.05, 0.1) is 0 Å². The molecule has 4 heterocycles. The standard InChI is InChI=1S/2C5O6.CH6N2.CH5N2.4CH4.2CH3.7Y/c2*6-1-5(2(7)10-1)3(8)11-4(5)9;2*2-1-3;;;;;;;;;;;;;/h;;1-3H2;1H,2-3H2;4*1H4;2*1H3;;;;;;;/q;;;-1;;;;;2*-1;;;;;;;. The summed E-state index contributed by atoms with van der Waals surface area (Å²) in [7, 11) is 0. The first kappa shape index (κ1) is 85.1. The van der Waals surface area contributed by atoms with E-state index in [1.54, 1.807) is 0 Å². The Kier molecular flexibility index (Phi) is 80.1. The van der Waals surface area contributed by atoms with Crippen LogP contribution in [0.3, 0.4) is 0 Å². The SMILES string of the molecule is C.C.C.C.NCN.N[CH-]N.O=C1OC(=O)C12C(=O)OC2=O.O=C1OC(=O)C12C(=O)OC2=O.[CH3-].[CH3-].[Y].[Y].[Y].[Y].[Y].[Y].[Y]. The molecule has 0 atom stereocenters. The monoisotopic (exact) mass is 1120 g/mol. The van der Waals surface area contributed by atoms with Crippen molar-refractivity contribution in [1.82, 2.24) is 0 Å². The molecule has 8 N–H and O–H groups in total. The van der Waals surface area contributed by atoms with Crippen molar-refractivity contribution in [3.05, 3.63) is 21.5 Å². The second-order valence-corrected chi connectivity index (χ2v) is 4.64. The Balaban J connectivity index is -0.0000000230. The van der Waals surface area contributed by atoms with Crippen molar-refractivity contribution < 1.29 is 286 Å². The molecule has 41 heavy (non-hydrogen) atoms. The van der Waals surface area contributed by atoms with Gasteiger partial charge in [-0.1, -0.05) is 29.7 Å². The summed E-state index contributed by atoms with van der Waals surface area (Å²) in [6, 6.07) is 0. The molecule has 0 aromatic heterocycles. The van der Waals surface area contributed by atoms with Crippen LogP contribution in [0.2, 0.25) is 0 Å². The van der Waals surface area contributed by atoms with Gasteiger partial charge in [0.2, 0.25) is 0 Å². The molecule has 0 unspecified atom stereocenters. The zero-order valence-electron chi connectivity index (χ0n) is 19.5. The van der Waals surface area contributed by atoms with Gasteiger partial charge in [-0.2, -0.15) is 0 Å². The Morgan fingerprint density at radius 2 is 0.512 bits per heavy atom. The number of nitrogens with two attached hydrogens (primary N) is 4. The predicted octanol–water partition coefficient (Wildman–Crippen LogP) is -2.41. The Labute approximate surface area is 417 Å². The molecule has 221 valence electrons. The number of cyclic esters (lactones) is 8. The predicted molar refractivity (Wildman–Crippen MR) is 115 cm³/mol. The minimum atomic E-state index is -2.22. The molecule has 0 amide bonds. The summed E-state index contributed by atoms with van der Waals surface area (Å²) in [5.41, 5.74) is 13.8. The van der Waals surface area contributed by atoms with Crippen molar-refractivity contribution >= 4 is 47.8 Å². The minimum Gasteiger partial charge on any atom is -0.470 e. The molecule has 2 spiro atoms. The average molecular weight is 1120 g/mol. The van der Waals surface area contributed by atoms with Crippen molar-refractivity contribution in [3.63, 3.8) is 0 Å². The molecule has 0 aromatic carbocycles. The van der Waals surface area contributed by atoms with E-state index in [1.165, 1.54) is 0 Å². The zero-order valence-corrected chi connectivity index (χ0v) is 39.4. The molecule has 0 bridgehead atoms. The molecule has 0 aromatic rings. The Morgan fingerprint density at radius 3 is 0.537 bits per heavy atom. The van der Waals surface area contributed by atoms with Gasteiger partial charge in [0.25, 0.3) is 0 Å². The minimum absolute atomic E-state index is 0. The molecule has 0 aliphatic carbocycles. The first-order valence-electron chi connectivity index (χ1n) is 6.75. The largest absolute Gasteiger partial charge is 0.470 e. The van der Waals surface area contributed by atoms with Gasteiger partial charge in [0, 0.05) is 236 Å². The van der Waals surface area contributed by atoms with Gasteiger partial charge in [-0.15, -0.1) is 0 Å². The summed E-state index contributed by atoms with van der Waals surface area (Å²) in [6.07, 6.45) is 0. The fourth-order valence-electron chi connectivity index (χ4n) is 1.76. The van der Waals surface area contributed by atoms with E-state index >= 15 is 0 Å². The van der Waals surface area contributed by atoms with Crippen molar-refractivity contribution in [2.45, 2.75) is 29.7 Å². The maximum absolute atomic E-state index is 10.5. The van der Waals surface area contributed by atoms with Gasteiger partial charge in [0.1, 0.15) is 0 Å². The van der Waals surface area contributed by atoms with Crippen LogP contribution >= 0.6 is 0 Å². The van der Waals surface area contributed by atoms with Gasteiger partial charge in [-0.3, -0.25) is 0 Å². The molecular weight excluding hydrogens is 1090 g/mol. The van der Waals surface area contributed by atoms with Crippen LogP contribution in [-0.4, -0.2) is 54.4 Å². The van der Waals surface area contributed by atoms with Crippen LogP contribution in [-0.2, 0) is 286 Å². The van der Waals surface area contributed by atoms with Crippen LogP contribution in [0.25, 0.3) is 0 Å². The molecule has 4 rings (SSSR count). The van der Waals surface area contributed by atoms with E-state index in [9.17, 15) is 38.4 Å². The van der Waals surface area contributed by atoms with Gasteiger partial charge in [-0.05, 0) is 0 Å². The Morgan fingerprint density at radius 1 is 0.439 bits per heavy atom. The molecule has 16 nitrogen and oxygen atoms in total. The molecule has 7 radical (unpaired) electrons. The zero-order chi connectivity index (χ0) is 21.9. The first-order chi connectivity index (χ1) is 13.0. The molecule has 0 saturated carbocycles. The maximum Gasteiger partial charge on any atom is 0.357 e. The number of carbonyl (C=O) groups is 8. The van der Waals surface area contributed by atoms with E-state index in [-0.39, 0.29) is 280 Å². The number of rotatable bonds is 0. The van der Waals surface area contributed by atoms with E-state index in [2.05, 4.69) is 41.9 Å². The van der Waals surface area contributed by atoms with Crippen LogP contribution in [0, 0.1) is 32.4 Å². The van der Waals surface area contributed by atoms with Crippen molar-refractivity contribution in [3.8, 4) is 0 Å². The topological polar surface area (TPSA) is 278 Å². The molecule has 4 aliphatic heterocycles. The molecular formula is C18H33N4O12Y7-3. The van der Waals surface area contributed by atoms with Crippen LogP contribution < -0.4 is 22.9 Å². The summed E-state index contributed by atoms with van der Waals surface area (Å²) in [5.74, 6) is -9.08. The first-order valence-corrected chi connectivity index (χ1v) is 6.75. The fraction of sp³-hybridized carbons (Fsp3) is 0.389. The summed E-state index contributed by atoms with van der Waals surface area (Å²) in [6.45, 7) is 1.25. The van der Waals surface area contributed by atoms with Crippen molar-refractivity contribution in [2.75, 3.05) is 6.67 Å². The van der Waals surface area contributed by atoms with E-state index < -0.39 is 58.6 Å². The number of ether oxygens (including phenoxy) is 4. The average Bonchev–Trinajstić information content (AvgIpc) is 2.55. The van der Waals surface area contributed by atoms with Gasteiger partial charge >= 0.3 is 58.6 Å². The molecule has 4 saturated heterocycles. The Bertz CT molecular complexity index is 643. The third-order valence-corrected chi connectivity index (χ3v) is 3.19. The van der Waals surface area contributed by atoms with E-state index in [4.69, 9.17) is 0 Å². The fourth-order valence-corrected chi connectivity index (χ4v) is 1.76. The molecule has 4 fully saturated rings. The van der Waals surface area contributed by atoms with Crippen molar-refractivity contribution in [2.24, 2.45) is 33.8 Å². The van der Waals surface area contributed by atoms with Gasteiger partial charge in [0.15, 0.2) is 0 Å². The van der Waals surface area contributed by atoms with Crippen LogP contribution in [0.15, 0.2) is 0 Å². The second-order valence-electron chi connectivity index (χ2n) is 4.64. The number of hydrogen-bond acceptors (Lipinski definition) is 16. The smallest absolute Gasteiger partial charge is 0.357 e. The maximum atomic E-state index is 10.5. The number of carbonyl (C=O) groups excluding carboxylic acids is 8. The molecule has 23 heteroatoms. The van der Waals surface area contributed by atoms with Crippen LogP contribution in [0.1, 0.15) is 29.7 Å². The van der Waals surface area contributed by atoms with Crippen LogP contribution in [0.5, 0.6) is 0 Å². The number of esters is 8. The number of hydrogen-bond donors (Lipinski definition) is 4. The van der Waals surface area contributed by atoms with E-state index in [1.807, 2.05) is 0 Å². The van der Waals surface area contributed by atoms with Crippen LogP contribution in [0.4, 0.5) is 0 Å². The van der Waals surface area contributed by atoms with E-state index in [0.717, 1.165) is 6.67 Å². The third-order valence-electron chi connectivity index (χ3n) is 3.19. The summed E-state index contributed by atoms with van der Waals surface area (Å²) in [5, 5.41) is 0. The van der Waals surface area contributed by atoms with E-state index in [0.29, 0.717) is 0 Å². The van der Waals surface area contributed by atoms with Crippen molar-refractivity contribution in [1.29, 1.82) is 0 Å². The summed E-state index contributed by atoms with van der Waals surface area (Å²) in [4.78, 5) is 84.0. The normalized spacial score (nSPS) is 14.5. The summed E-state index contributed by atoms with van der Waals surface area (Å²) < 4.78 is 15.4. The quantitative estimate of drug-likeness (QED) is 0.0647. The molecule has 4 aliphatic rings. The van der Waals surface area contributed by atoms with Gasteiger partial charge in [-0.25, -0.2) is 45.0 Å². The second kappa shape index (κ2) is 38.6. The van der Waals surface area contributed by atoms with Gasteiger partial charge < -0.3 is 56.7 Å². The Hall–Kier alpha value is 4.13.